The fourth-order valence-corrected chi connectivity index (χ4v) is 1.34. The molecule has 0 atom stereocenters. The van der Waals surface area contributed by atoms with E-state index in [4.69, 9.17) is 5.73 Å². The molecule has 0 saturated heterocycles. The van der Waals surface area contributed by atoms with Crippen LogP contribution in [0.15, 0.2) is 18.2 Å². The van der Waals surface area contributed by atoms with Crippen molar-refractivity contribution in [1.29, 1.82) is 0 Å². The quantitative estimate of drug-likeness (QED) is 0.707. The number of imidazole rings is 1. The van der Waals surface area contributed by atoms with Crippen LogP contribution < -0.4 is 10.6 Å². The van der Waals surface area contributed by atoms with Gasteiger partial charge in [0.1, 0.15) is 0 Å². The Morgan fingerprint density at radius 1 is 1.50 bits per heavy atom. The van der Waals surface area contributed by atoms with Crippen molar-refractivity contribution in [1.82, 2.24) is 9.97 Å². The van der Waals surface area contributed by atoms with Gasteiger partial charge in [0.15, 0.2) is 0 Å². The molecule has 1 aromatic heterocycles. The van der Waals surface area contributed by atoms with Crippen LogP contribution in [0, 0.1) is 0 Å². The Hall–Kier alpha value is -1.71. The van der Waals surface area contributed by atoms with Gasteiger partial charge in [-0.2, -0.15) is 0 Å². The highest BCUT2D eigenvalue weighted by molar-refractivity contribution is 5.80. The molecule has 0 fully saturated rings. The van der Waals surface area contributed by atoms with Crippen LogP contribution in [0.5, 0.6) is 0 Å². The predicted molar refractivity (Wildman–Crippen MR) is 59.5 cm³/mol. The van der Waals surface area contributed by atoms with Crippen molar-refractivity contribution in [2.24, 2.45) is 0 Å². The summed E-state index contributed by atoms with van der Waals surface area (Å²) in [5, 5.41) is 0. The molecule has 4 heteroatoms. The highest BCUT2D eigenvalue weighted by atomic mass is 15.2. The maximum Gasteiger partial charge on any atom is 0.203 e. The second kappa shape index (κ2) is 3.21. The third-order valence-corrected chi connectivity index (χ3v) is 2.33. The molecule has 2 aromatic rings. The van der Waals surface area contributed by atoms with Crippen LogP contribution >= 0.6 is 0 Å². The zero-order valence-corrected chi connectivity index (χ0v) is 8.41. The Bertz CT molecular complexity index is 446. The van der Waals surface area contributed by atoms with Gasteiger partial charge in [-0.15, -0.1) is 0 Å². The number of aromatic nitrogens is 2. The number of nitrogen functional groups attached to an aromatic ring is 1. The Balaban J connectivity index is 2.51. The molecule has 0 amide bonds. The highest BCUT2D eigenvalue weighted by Crippen LogP contribution is 2.18. The second-order valence-electron chi connectivity index (χ2n) is 3.35. The normalized spacial score (nSPS) is 10.7. The smallest absolute Gasteiger partial charge is 0.203 e. The minimum absolute atomic E-state index is 0.756. The molecule has 0 radical (unpaired) electrons. The fraction of sp³-hybridized carbons (Fsp3) is 0.300. The van der Waals surface area contributed by atoms with Crippen LogP contribution in [-0.4, -0.2) is 23.6 Å². The summed E-state index contributed by atoms with van der Waals surface area (Å²) in [5.41, 5.74) is 8.38. The van der Waals surface area contributed by atoms with Crippen molar-refractivity contribution in [2.45, 2.75) is 6.92 Å². The van der Waals surface area contributed by atoms with E-state index in [1.165, 1.54) is 0 Å². The number of anilines is 2. The van der Waals surface area contributed by atoms with E-state index >= 15 is 0 Å². The summed E-state index contributed by atoms with van der Waals surface area (Å²) in [6, 6.07) is 5.68. The maximum absolute atomic E-state index is 5.68. The molecule has 0 spiro atoms. The van der Waals surface area contributed by atoms with E-state index in [2.05, 4.69) is 21.8 Å². The minimum atomic E-state index is 0.756. The molecule has 1 aromatic carbocycles. The van der Waals surface area contributed by atoms with Crippen molar-refractivity contribution in [2.75, 3.05) is 24.2 Å². The van der Waals surface area contributed by atoms with Gasteiger partial charge >= 0.3 is 0 Å². The summed E-state index contributed by atoms with van der Waals surface area (Å²) in [6.07, 6.45) is 0. The number of hydrogen-bond donors (Lipinski definition) is 2. The number of fused-ring (bicyclic) bond motifs is 1. The second-order valence-corrected chi connectivity index (χ2v) is 3.35. The van der Waals surface area contributed by atoms with E-state index in [-0.39, 0.29) is 0 Å². The number of nitrogens with two attached hydrogens (primary N) is 1. The third kappa shape index (κ3) is 1.39. The number of nitrogens with one attached hydrogen (secondary N) is 1. The van der Waals surface area contributed by atoms with Crippen molar-refractivity contribution in [3.8, 4) is 0 Å². The molecule has 0 aliphatic carbocycles. The van der Waals surface area contributed by atoms with Gasteiger partial charge in [-0.3, -0.25) is 0 Å². The first kappa shape index (κ1) is 8.87. The monoisotopic (exact) mass is 190 g/mol. The van der Waals surface area contributed by atoms with E-state index in [1.807, 2.05) is 25.2 Å². The van der Waals surface area contributed by atoms with Gasteiger partial charge in [-0.1, -0.05) is 0 Å². The van der Waals surface area contributed by atoms with E-state index in [1.54, 1.807) is 0 Å². The SMILES string of the molecule is CCN(C)c1nc2ccc(N)cc2[nH]1. The molecule has 0 aliphatic rings. The van der Waals surface area contributed by atoms with E-state index in [0.717, 1.165) is 29.2 Å². The molecule has 0 unspecified atom stereocenters. The number of aromatic amines is 1. The number of nitrogens with zero attached hydrogens (tertiary/aromatic N) is 2. The average molecular weight is 190 g/mol. The summed E-state index contributed by atoms with van der Waals surface area (Å²) >= 11 is 0. The van der Waals surface area contributed by atoms with Gasteiger partial charge in [-0.25, -0.2) is 4.98 Å². The first-order valence-corrected chi connectivity index (χ1v) is 4.67. The summed E-state index contributed by atoms with van der Waals surface area (Å²) in [5.74, 6) is 0.883. The van der Waals surface area contributed by atoms with Crippen molar-refractivity contribution in [3.63, 3.8) is 0 Å². The number of H-pyrrole nitrogens is 1. The van der Waals surface area contributed by atoms with E-state index in [9.17, 15) is 0 Å². The molecule has 74 valence electrons. The highest BCUT2D eigenvalue weighted by Gasteiger charge is 2.05. The van der Waals surface area contributed by atoms with Gasteiger partial charge < -0.3 is 15.6 Å². The fourth-order valence-electron chi connectivity index (χ4n) is 1.34. The van der Waals surface area contributed by atoms with Crippen LogP contribution in [0.3, 0.4) is 0 Å². The lowest BCUT2D eigenvalue weighted by molar-refractivity contribution is 0.924. The van der Waals surface area contributed by atoms with Crippen molar-refractivity contribution < 1.29 is 0 Å². The topological polar surface area (TPSA) is 57.9 Å². The zero-order valence-electron chi connectivity index (χ0n) is 8.41. The van der Waals surface area contributed by atoms with Gasteiger partial charge in [0.2, 0.25) is 5.95 Å². The molecule has 1 heterocycles. The minimum Gasteiger partial charge on any atom is -0.399 e. The summed E-state index contributed by atoms with van der Waals surface area (Å²) in [6.45, 7) is 3.01. The van der Waals surface area contributed by atoms with Crippen molar-refractivity contribution >= 4 is 22.7 Å². The summed E-state index contributed by atoms with van der Waals surface area (Å²) in [7, 11) is 2.00. The van der Waals surface area contributed by atoms with Crippen LogP contribution in [0.4, 0.5) is 11.6 Å². The summed E-state index contributed by atoms with van der Waals surface area (Å²) in [4.78, 5) is 9.71. The molecule has 4 nitrogen and oxygen atoms in total. The molecular formula is C10H14N4. The Morgan fingerprint density at radius 2 is 2.29 bits per heavy atom. The van der Waals surface area contributed by atoms with Crippen LogP contribution in [0.25, 0.3) is 11.0 Å². The first-order valence-electron chi connectivity index (χ1n) is 4.67. The van der Waals surface area contributed by atoms with Gasteiger partial charge in [0.05, 0.1) is 11.0 Å². The lowest BCUT2D eigenvalue weighted by atomic mass is 10.3. The Kier molecular flexibility index (Phi) is 2.04. The molecule has 2 rings (SSSR count). The lowest BCUT2D eigenvalue weighted by Gasteiger charge is -2.11. The van der Waals surface area contributed by atoms with Crippen LogP contribution in [0.2, 0.25) is 0 Å². The lowest BCUT2D eigenvalue weighted by Crippen LogP contribution is -2.16. The van der Waals surface area contributed by atoms with Crippen LogP contribution in [0.1, 0.15) is 6.92 Å². The number of hydrogen-bond acceptors (Lipinski definition) is 3. The zero-order chi connectivity index (χ0) is 10.1. The Morgan fingerprint density at radius 3 is 3.00 bits per heavy atom. The molecule has 0 saturated carbocycles. The number of rotatable bonds is 2. The standard InChI is InChI=1S/C10H14N4/c1-3-14(2)10-12-8-5-4-7(11)6-9(8)13-10/h4-6H,3,11H2,1-2H3,(H,12,13). The molecule has 0 aliphatic heterocycles. The molecule has 3 N–H and O–H groups in total. The molecular weight excluding hydrogens is 176 g/mol. The maximum atomic E-state index is 5.68. The van der Waals surface area contributed by atoms with E-state index in [0.29, 0.717) is 0 Å². The summed E-state index contributed by atoms with van der Waals surface area (Å²) < 4.78 is 0. The largest absolute Gasteiger partial charge is 0.399 e. The Labute approximate surface area is 82.7 Å². The molecule has 0 bridgehead atoms. The van der Waals surface area contributed by atoms with Crippen molar-refractivity contribution in [3.05, 3.63) is 18.2 Å². The van der Waals surface area contributed by atoms with E-state index < -0.39 is 0 Å². The number of benzene rings is 1. The molecule has 14 heavy (non-hydrogen) atoms. The van der Waals surface area contributed by atoms with Crippen LogP contribution in [-0.2, 0) is 0 Å². The van der Waals surface area contributed by atoms with Gasteiger partial charge in [-0.05, 0) is 25.1 Å². The first-order chi connectivity index (χ1) is 6.70. The average Bonchev–Trinajstić information content (AvgIpc) is 2.59. The van der Waals surface area contributed by atoms with Gasteiger partial charge in [0, 0.05) is 19.3 Å². The predicted octanol–water partition coefficient (Wildman–Crippen LogP) is 1.60. The van der Waals surface area contributed by atoms with Gasteiger partial charge in [0.25, 0.3) is 0 Å². The third-order valence-electron chi connectivity index (χ3n) is 2.33.